The van der Waals surface area contributed by atoms with E-state index in [4.69, 9.17) is 56.8 Å². The van der Waals surface area contributed by atoms with Crippen molar-refractivity contribution in [2.24, 2.45) is 0 Å². The van der Waals surface area contributed by atoms with E-state index in [0.29, 0.717) is 106 Å². The summed E-state index contributed by atoms with van der Waals surface area (Å²) in [5, 5.41) is 14.1. The standard InChI is InChI=1S/C20H10.4C6H14O3.2Li/c1-2-12-5-6-14-9-10-15-8-7-13-4-3-11(1)16-17(12)19(14)20(15)18(13)16;4*1-7-3-5-9-6-4-8-2;;/h1-10H;4*3-6H2,1-2H3;;. The Hall–Kier alpha value is -1.89. The van der Waals surface area contributed by atoms with Crippen molar-refractivity contribution in [1.82, 2.24) is 0 Å². The molecule has 316 valence electrons. The summed E-state index contributed by atoms with van der Waals surface area (Å²) in [4.78, 5) is 0. The molecule has 0 N–H and O–H groups in total. The maximum Gasteiger partial charge on any atom is 0.0701 e. The molecule has 0 aromatic heterocycles. The Balaban J connectivity index is 0.000000747. The van der Waals surface area contributed by atoms with Gasteiger partial charge in [-0.3, -0.25) is 0 Å². The molecular formula is C44H66Li2O12. The van der Waals surface area contributed by atoms with Crippen LogP contribution in [-0.4, -0.2) is 200 Å². The summed E-state index contributed by atoms with van der Waals surface area (Å²) >= 11 is 0. The Morgan fingerprint density at radius 3 is 0.448 bits per heavy atom. The summed E-state index contributed by atoms with van der Waals surface area (Å²) in [6.45, 7) is 10.5. The maximum absolute atomic E-state index is 5.06. The molecular weight excluding hydrogens is 734 g/mol. The van der Waals surface area contributed by atoms with Gasteiger partial charge in [0.2, 0.25) is 0 Å². The van der Waals surface area contributed by atoms with E-state index in [2.05, 4.69) is 60.7 Å². The van der Waals surface area contributed by atoms with Crippen molar-refractivity contribution < 1.29 is 56.8 Å². The number of benzene rings is 5. The molecule has 6 aromatic carbocycles. The molecule has 0 saturated heterocycles. The maximum atomic E-state index is 5.06. The Morgan fingerprint density at radius 1 is 0.224 bits per heavy atom. The minimum atomic E-state index is 0. The van der Waals surface area contributed by atoms with Gasteiger partial charge in [0, 0.05) is 94.6 Å². The van der Waals surface area contributed by atoms with E-state index in [1.165, 1.54) is 53.9 Å². The van der Waals surface area contributed by atoms with Crippen LogP contribution in [0.3, 0.4) is 0 Å². The average Bonchev–Trinajstić information content (AvgIpc) is 3.61. The normalized spacial score (nSPS) is 10.7. The van der Waals surface area contributed by atoms with Crippen molar-refractivity contribution in [2.75, 3.05) is 163 Å². The van der Waals surface area contributed by atoms with E-state index in [1.54, 1.807) is 56.9 Å². The first-order chi connectivity index (χ1) is 27.6. The molecule has 0 bridgehead atoms. The molecule has 12 nitrogen and oxygen atoms in total. The van der Waals surface area contributed by atoms with E-state index < -0.39 is 0 Å². The van der Waals surface area contributed by atoms with Crippen molar-refractivity contribution in [3.8, 4) is 0 Å². The summed E-state index contributed by atoms with van der Waals surface area (Å²) in [6.07, 6.45) is 0. The van der Waals surface area contributed by atoms with E-state index in [1.807, 2.05) is 0 Å². The van der Waals surface area contributed by atoms with Gasteiger partial charge in [-0.2, -0.15) is 0 Å². The van der Waals surface area contributed by atoms with Crippen LogP contribution in [0.2, 0.25) is 0 Å². The molecule has 0 heterocycles. The quantitative estimate of drug-likeness (QED) is 0.0396. The van der Waals surface area contributed by atoms with Crippen molar-refractivity contribution in [3.05, 3.63) is 60.7 Å². The van der Waals surface area contributed by atoms with E-state index >= 15 is 0 Å². The predicted octanol–water partition coefficient (Wildman–Crippen LogP) is 6.19. The SMILES string of the molecule is COCCOCCOC.COCCOCCOC.COCCOCCOC.COCCOCCOC.[Li].[Li].c1cc2ccc3ccc4ccc5ccc1c1c2c3c4c51. The van der Waals surface area contributed by atoms with Crippen LogP contribution in [0.15, 0.2) is 60.7 Å². The Morgan fingerprint density at radius 2 is 0.345 bits per heavy atom. The molecule has 58 heavy (non-hydrogen) atoms. The van der Waals surface area contributed by atoms with Gasteiger partial charge < -0.3 is 56.8 Å². The van der Waals surface area contributed by atoms with Gasteiger partial charge in [0.1, 0.15) is 0 Å². The molecule has 0 aliphatic rings. The molecule has 0 saturated carbocycles. The zero-order valence-corrected chi connectivity index (χ0v) is 37.0. The van der Waals surface area contributed by atoms with Gasteiger partial charge in [0.15, 0.2) is 0 Å². The van der Waals surface area contributed by atoms with Crippen molar-refractivity contribution >= 4 is 91.6 Å². The molecule has 0 unspecified atom stereocenters. The van der Waals surface area contributed by atoms with Crippen LogP contribution in [0.1, 0.15) is 0 Å². The Kier molecular flexibility index (Phi) is 35.7. The fraction of sp³-hybridized carbons (Fsp3) is 0.545. The smallest absolute Gasteiger partial charge is 0.0701 e. The molecule has 0 fully saturated rings. The second kappa shape index (κ2) is 36.9. The summed E-state index contributed by atoms with van der Waals surface area (Å²) in [5.74, 6) is 0. The molecule has 0 aliphatic heterocycles. The van der Waals surface area contributed by atoms with Crippen molar-refractivity contribution in [2.45, 2.75) is 0 Å². The molecule has 0 atom stereocenters. The molecule has 0 amide bonds. The first-order valence-corrected chi connectivity index (χ1v) is 18.9. The fourth-order valence-corrected chi connectivity index (χ4v) is 5.62. The second-order valence-electron chi connectivity index (χ2n) is 12.2. The van der Waals surface area contributed by atoms with Crippen LogP contribution in [0.5, 0.6) is 0 Å². The van der Waals surface area contributed by atoms with Crippen LogP contribution >= 0.6 is 0 Å². The summed E-state index contributed by atoms with van der Waals surface area (Å²) in [7, 11) is 13.2. The number of ether oxygens (including phenoxy) is 12. The van der Waals surface area contributed by atoms with Gasteiger partial charge in [0.05, 0.1) is 106 Å². The first kappa shape index (κ1) is 56.1. The van der Waals surface area contributed by atoms with Crippen molar-refractivity contribution in [3.63, 3.8) is 0 Å². The fourth-order valence-electron chi connectivity index (χ4n) is 5.62. The second-order valence-corrected chi connectivity index (χ2v) is 12.2. The zero-order chi connectivity index (χ0) is 40.6. The number of hydrogen-bond donors (Lipinski definition) is 0. The monoisotopic (exact) mass is 800 g/mol. The van der Waals surface area contributed by atoms with E-state index in [-0.39, 0.29) is 37.7 Å². The predicted molar refractivity (Wildman–Crippen MR) is 237 cm³/mol. The average molecular weight is 801 g/mol. The number of hydrogen-bond acceptors (Lipinski definition) is 12. The Labute approximate surface area is 370 Å². The van der Waals surface area contributed by atoms with Gasteiger partial charge in [-0.1, -0.05) is 60.7 Å². The zero-order valence-electron chi connectivity index (χ0n) is 37.0. The van der Waals surface area contributed by atoms with Gasteiger partial charge in [0.25, 0.3) is 0 Å². The van der Waals surface area contributed by atoms with Crippen LogP contribution in [0.4, 0.5) is 0 Å². The van der Waals surface area contributed by atoms with E-state index in [0.717, 1.165) is 0 Å². The topological polar surface area (TPSA) is 111 Å². The van der Waals surface area contributed by atoms with Gasteiger partial charge in [-0.25, -0.2) is 0 Å². The minimum Gasteiger partial charge on any atom is -0.382 e. The minimum absolute atomic E-state index is 0. The van der Waals surface area contributed by atoms with Crippen molar-refractivity contribution in [1.29, 1.82) is 0 Å². The Bertz CT molecular complexity index is 1360. The van der Waals surface area contributed by atoms with Crippen LogP contribution < -0.4 is 0 Å². The number of methoxy groups -OCH3 is 8. The van der Waals surface area contributed by atoms with Gasteiger partial charge in [-0.05, 0) is 53.9 Å². The largest absolute Gasteiger partial charge is 0.382 e. The van der Waals surface area contributed by atoms with Gasteiger partial charge >= 0.3 is 0 Å². The number of rotatable bonds is 24. The third-order valence-electron chi connectivity index (χ3n) is 8.36. The molecule has 2 radical (unpaired) electrons. The summed E-state index contributed by atoms with van der Waals surface area (Å²) in [5.41, 5.74) is 0. The van der Waals surface area contributed by atoms with Crippen LogP contribution in [-0.2, 0) is 56.8 Å². The van der Waals surface area contributed by atoms with Gasteiger partial charge in [-0.15, -0.1) is 0 Å². The third kappa shape index (κ3) is 20.1. The molecule has 14 heteroatoms. The molecule has 0 spiro atoms. The first-order valence-electron chi connectivity index (χ1n) is 18.9. The third-order valence-corrected chi connectivity index (χ3v) is 8.36. The van der Waals surface area contributed by atoms with Crippen LogP contribution in [0, 0.1) is 0 Å². The van der Waals surface area contributed by atoms with E-state index in [9.17, 15) is 0 Å². The molecule has 6 aromatic rings. The van der Waals surface area contributed by atoms with Crippen LogP contribution in [0.25, 0.3) is 53.9 Å². The summed E-state index contributed by atoms with van der Waals surface area (Å²) in [6, 6.07) is 22.6. The molecule has 6 rings (SSSR count). The molecule has 0 aliphatic carbocycles. The summed E-state index contributed by atoms with van der Waals surface area (Å²) < 4.78 is 58.3.